The van der Waals surface area contributed by atoms with Crippen molar-refractivity contribution >= 4 is 16.0 Å². The van der Waals surface area contributed by atoms with Crippen LogP contribution < -0.4 is 0 Å². The Morgan fingerprint density at radius 2 is 1.83 bits per heavy atom. The summed E-state index contributed by atoms with van der Waals surface area (Å²) in [4.78, 5) is 4.05. The molecule has 0 spiro atoms. The molecule has 132 valence electrons. The van der Waals surface area contributed by atoms with Gasteiger partial charge in [0, 0.05) is 6.92 Å². The van der Waals surface area contributed by atoms with Gasteiger partial charge < -0.3 is 19.7 Å². The van der Waals surface area contributed by atoms with E-state index in [4.69, 9.17) is 13.7 Å². The van der Waals surface area contributed by atoms with Crippen LogP contribution in [0.15, 0.2) is 34.2 Å². The van der Waals surface area contributed by atoms with Gasteiger partial charge in [-0.3, -0.25) is 4.18 Å². The topological polar surface area (TPSA) is 115 Å². The Hall–Kier alpha value is -1.52. The number of aryl methyl sites for hydroxylation is 1. The average molecular weight is 357 g/mol. The highest BCUT2D eigenvalue weighted by molar-refractivity contribution is 7.86. The fraction of sp³-hybridized carbons (Fsp3) is 0.533. The van der Waals surface area contributed by atoms with E-state index in [1.807, 2.05) is 6.92 Å². The van der Waals surface area contributed by atoms with Gasteiger partial charge in [-0.15, -0.1) is 0 Å². The van der Waals surface area contributed by atoms with Gasteiger partial charge in [0.1, 0.15) is 24.4 Å². The standard InChI is InChI=1S/C15H19NO7S/c1-8-3-5-10(6-4-8)24(19,20)21-7-11-13(17)14(18)12-15(23-11)22-9(2)16-12/h3-6,11-15,17-18H,7H2,1-2H3/t11-,12-,13-,14-,15-/m1/s1. The van der Waals surface area contributed by atoms with E-state index in [-0.39, 0.29) is 4.90 Å². The third-order valence-electron chi connectivity index (χ3n) is 3.98. The van der Waals surface area contributed by atoms with E-state index in [0.29, 0.717) is 5.90 Å². The van der Waals surface area contributed by atoms with E-state index < -0.39 is 47.4 Å². The second-order valence-electron chi connectivity index (χ2n) is 5.83. The Balaban J connectivity index is 1.67. The molecule has 1 aromatic rings. The number of aliphatic imine (C=N–C) groups is 1. The molecule has 8 nitrogen and oxygen atoms in total. The minimum Gasteiger partial charge on any atom is -0.450 e. The Kier molecular flexibility index (Phi) is 4.63. The molecule has 0 saturated carbocycles. The zero-order chi connectivity index (χ0) is 17.5. The molecule has 3 rings (SSSR count). The zero-order valence-electron chi connectivity index (χ0n) is 13.2. The van der Waals surface area contributed by atoms with Crippen molar-refractivity contribution in [3.05, 3.63) is 29.8 Å². The summed E-state index contributed by atoms with van der Waals surface area (Å²) in [7, 11) is -3.99. The molecule has 2 N–H and O–H groups in total. The van der Waals surface area contributed by atoms with E-state index in [1.165, 1.54) is 12.1 Å². The van der Waals surface area contributed by atoms with Gasteiger partial charge >= 0.3 is 0 Å². The number of aliphatic hydroxyl groups excluding tert-OH is 2. The minimum atomic E-state index is -3.99. The first-order valence-corrected chi connectivity index (χ1v) is 8.87. The lowest BCUT2D eigenvalue weighted by atomic mass is 9.98. The fourth-order valence-electron chi connectivity index (χ4n) is 2.63. The van der Waals surface area contributed by atoms with E-state index in [2.05, 4.69) is 4.99 Å². The Bertz CT molecular complexity index is 731. The van der Waals surface area contributed by atoms with Crippen molar-refractivity contribution in [3.63, 3.8) is 0 Å². The Morgan fingerprint density at radius 1 is 1.17 bits per heavy atom. The molecule has 24 heavy (non-hydrogen) atoms. The number of benzene rings is 1. The molecular formula is C15H19NO7S. The number of ether oxygens (including phenoxy) is 2. The number of fused-ring (bicyclic) bond motifs is 1. The van der Waals surface area contributed by atoms with Crippen LogP contribution in [0.3, 0.4) is 0 Å². The van der Waals surface area contributed by atoms with Gasteiger partial charge in [-0.2, -0.15) is 8.42 Å². The van der Waals surface area contributed by atoms with Gasteiger partial charge in [0.05, 0.1) is 11.5 Å². The van der Waals surface area contributed by atoms with E-state index in [1.54, 1.807) is 19.1 Å². The van der Waals surface area contributed by atoms with Crippen LogP contribution in [0.4, 0.5) is 0 Å². The first kappa shape index (κ1) is 17.3. The van der Waals surface area contributed by atoms with Gasteiger partial charge in [-0.05, 0) is 19.1 Å². The van der Waals surface area contributed by atoms with Crippen molar-refractivity contribution in [1.29, 1.82) is 0 Å². The molecule has 0 unspecified atom stereocenters. The molecular weight excluding hydrogens is 338 g/mol. The maximum absolute atomic E-state index is 12.2. The lowest BCUT2D eigenvalue weighted by molar-refractivity contribution is -0.232. The van der Waals surface area contributed by atoms with Crippen molar-refractivity contribution in [2.24, 2.45) is 4.99 Å². The van der Waals surface area contributed by atoms with Gasteiger partial charge in [-0.1, -0.05) is 17.7 Å². The lowest BCUT2D eigenvalue weighted by Crippen LogP contribution is -2.57. The summed E-state index contributed by atoms with van der Waals surface area (Å²) in [6.45, 7) is 3.00. The average Bonchev–Trinajstić information content (AvgIpc) is 2.91. The molecule has 0 aliphatic carbocycles. The van der Waals surface area contributed by atoms with E-state index in [0.717, 1.165) is 5.56 Å². The molecule has 1 aromatic carbocycles. The number of hydrogen-bond donors (Lipinski definition) is 2. The largest absolute Gasteiger partial charge is 0.450 e. The maximum Gasteiger partial charge on any atom is 0.297 e. The van der Waals surface area contributed by atoms with Crippen LogP contribution in [0.5, 0.6) is 0 Å². The van der Waals surface area contributed by atoms with Crippen molar-refractivity contribution < 1.29 is 32.3 Å². The van der Waals surface area contributed by atoms with Crippen molar-refractivity contribution in [2.45, 2.75) is 49.4 Å². The maximum atomic E-state index is 12.2. The molecule has 0 aromatic heterocycles. The molecule has 5 atom stereocenters. The highest BCUT2D eigenvalue weighted by Crippen LogP contribution is 2.29. The van der Waals surface area contributed by atoms with E-state index >= 15 is 0 Å². The van der Waals surface area contributed by atoms with Gasteiger partial charge in [-0.25, -0.2) is 4.99 Å². The third kappa shape index (κ3) is 3.31. The minimum absolute atomic E-state index is 0.00752. The van der Waals surface area contributed by atoms with Gasteiger partial charge in [0.2, 0.25) is 6.29 Å². The van der Waals surface area contributed by atoms with Crippen molar-refractivity contribution in [3.8, 4) is 0 Å². The molecule has 0 amide bonds. The second-order valence-corrected chi connectivity index (χ2v) is 7.45. The molecule has 0 bridgehead atoms. The molecule has 0 radical (unpaired) electrons. The normalized spacial score (nSPS) is 32.8. The molecule has 2 aliphatic rings. The predicted octanol–water partition coefficient (Wildman–Crippen LogP) is -0.0358. The summed E-state index contributed by atoms with van der Waals surface area (Å²) in [5.41, 5.74) is 0.919. The predicted molar refractivity (Wildman–Crippen MR) is 83.0 cm³/mol. The van der Waals surface area contributed by atoms with Gasteiger partial charge in [0.25, 0.3) is 10.1 Å². The number of rotatable bonds is 4. The first-order valence-electron chi connectivity index (χ1n) is 7.47. The number of hydrogen-bond acceptors (Lipinski definition) is 8. The summed E-state index contributed by atoms with van der Waals surface area (Å²) < 4.78 is 40.1. The van der Waals surface area contributed by atoms with Crippen LogP contribution in [0, 0.1) is 6.92 Å². The first-order chi connectivity index (χ1) is 11.3. The van der Waals surface area contributed by atoms with Crippen LogP contribution in [-0.2, 0) is 23.8 Å². The summed E-state index contributed by atoms with van der Waals surface area (Å²) in [5.74, 6) is 0.338. The molecule has 2 heterocycles. The zero-order valence-corrected chi connectivity index (χ0v) is 14.0. The summed E-state index contributed by atoms with van der Waals surface area (Å²) in [6, 6.07) is 5.45. The number of aliphatic hydroxyl groups is 2. The highest BCUT2D eigenvalue weighted by Gasteiger charge is 2.48. The van der Waals surface area contributed by atoms with Crippen LogP contribution in [0.25, 0.3) is 0 Å². The third-order valence-corrected chi connectivity index (χ3v) is 5.28. The quantitative estimate of drug-likeness (QED) is 0.727. The molecule has 9 heteroatoms. The molecule has 1 saturated heterocycles. The summed E-state index contributed by atoms with van der Waals surface area (Å²) in [6.07, 6.45) is -4.48. The molecule has 1 fully saturated rings. The second kappa shape index (κ2) is 6.41. The smallest absolute Gasteiger partial charge is 0.297 e. The summed E-state index contributed by atoms with van der Waals surface area (Å²) in [5, 5.41) is 20.2. The Morgan fingerprint density at radius 3 is 2.50 bits per heavy atom. The highest BCUT2D eigenvalue weighted by atomic mass is 32.2. The van der Waals surface area contributed by atoms with Gasteiger partial charge in [0.15, 0.2) is 5.90 Å². The number of nitrogens with zero attached hydrogens (tertiary/aromatic N) is 1. The SMILES string of the molecule is CC1=N[C@H]2[C@H](O1)O[C@H](COS(=O)(=O)c1ccc(C)cc1)[C@@H](O)[C@@H]2O. The van der Waals surface area contributed by atoms with Crippen LogP contribution >= 0.6 is 0 Å². The van der Waals surface area contributed by atoms with Crippen LogP contribution in [-0.4, -0.2) is 61.8 Å². The molecule has 2 aliphatic heterocycles. The van der Waals surface area contributed by atoms with E-state index in [9.17, 15) is 18.6 Å². The Labute approximate surface area is 139 Å². The fourth-order valence-corrected chi connectivity index (χ4v) is 3.55. The van der Waals surface area contributed by atoms with Crippen LogP contribution in [0.2, 0.25) is 0 Å². The van der Waals surface area contributed by atoms with Crippen molar-refractivity contribution in [1.82, 2.24) is 0 Å². The summed E-state index contributed by atoms with van der Waals surface area (Å²) >= 11 is 0. The van der Waals surface area contributed by atoms with Crippen LogP contribution in [0.1, 0.15) is 12.5 Å². The van der Waals surface area contributed by atoms with Crippen molar-refractivity contribution in [2.75, 3.05) is 6.61 Å². The lowest BCUT2D eigenvalue weighted by Gasteiger charge is -2.37. The monoisotopic (exact) mass is 357 g/mol.